The third kappa shape index (κ3) is 4.80. The minimum absolute atomic E-state index is 0.0931. The van der Waals surface area contributed by atoms with Gasteiger partial charge in [-0.15, -0.1) is 0 Å². The van der Waals surface area contributed by atoms with Crippen molar-refractivity contribution in [2.75, 3.05) is 32.5 Å². The van der Waals surface area contributed by atoms with Crippen LogP contribution >= 0.6 is 0 Å². The fourth-order valence-corrected chi connectivity index (χ4v) is 3.92. The molecule has 1 aromatic carbocycles. The summed E-state index contributed by atoms with van der Waals surface area (Å²) in [6.07, 6.45) is 4.67. The first-order valence-corrected chi connectivity index (χ1v) is 10.3. The van der Waals surface area contributed by atoms with E-state index in [1.54, 1.807) is 12.1 Å². The maximum absolute atomic E-state index is 12.7. The summed E-state index contributed by atoms with van der Waals surface area (Å²) >= 11 is 0. The molecular formula is C18H29N3O3S. The molecule has 0 saturated carbocycles. The van der Waals surface area contributed by atoms with Gasteiger partial charge < -0.3 is 5.32 Å². The number of hydrogen-bond acceptors (Lipinski definition) is 4. The van der Waals surface area contributed by atoms with Crippen LogP contribution in [0.4, 0.5) is 5.69 Å². The van der Waals surface area contributed by atoms with Gasteiger partial charge in [-0.2, -0.15) is 0 Å². The summed E-state index contributed by atoms with van der Waals surface area (Å²) in [5, 5.41) is 2.92. The van der Waals surface area contributed by atoms with Crippen LogP contribution in [0, 0.1) is 6.92 Å². The molecule has 6 nitrogen and oxygen atoms in total. The van der Waals surface area contributed by atoms with E-state index in [1.807, 2.05) is 13.8 Å². The fourth-order valence-electron chi connectivity index (χ4n) is 2.99. The van der Waals surface area contributed by atoms with Crippen molar-refractivity contribution in [1.82, 2.24) is 9.21 Å². The van der Waals surface area contributed by atoms with Gasteiger partial charge in [-0.25, -0.2) is 12.7 Å². The Labute approximate surface area is 151 Å². The van der Waals surface area contributed by atoms with E-state index in [9.17, 15) is 13.2 Å². The Balaban J connectivity index is 2.17. The van der Waals surface area contributed by atoms with Crippen LogP contribution in [-0.4, -0.2) is 56.8 Å². The number of nitrogens with one attached hydrogen (secondary N) is 1. The minimum atomic E-state index is -3.53. The summed E-state index contributed by atoms with van der Waals surface area (Å²) in [6.45, 7) is 5.64. The normalized spacial score (nSPS) is 18.0. The maximum Gasteiger partial charge on any atom is 0.242 e. The van der Waals surface area contributed by atoms with E-state index in [0.717, 1.165) is 31.5 Å². The third-order valence-electron chi connectivity index (χ3n) is 4.81. The molecule has 0 bridgehead atoms. The Morgan fingerprint density at radius 3 is 2.32 bits per heavy atom. The van der Waals surface area contributed by atoms with E-state index in [1.165, 1.54) is 37.3 Å². The Bertz CT molecular complexity index is 708. The molecule has 0 aliphatic carbocycles. The second kappa shape index (κ2) is 8.29. The van der Waals surface area contributed by atoms with Crippen LogP contribution in [0.25, 0.3) is 0 Å². The van der Waals surface area contributed by atoms with Gasteiger partial charge in [0.1, 0.15) is 0 Å². The molecule has 1 aromatic rings. The zero-order valence-electron chi connectivity index (χ0n) is 15.6. The molecule has 7 heteroatoms. The van der Waals surface area contributed by atoms with Crippen LogP contribution in [0.2, 0.25) is 0 Å². The standard InChI is InChI=1S/C18H29N3O3S/c1-14-9-10-16(25(23,24)20(3)4)13-17(14)19-18(22)15(2)21-11-7-5-6-8-12-21/h9-10,13,15H,5-8,11-12H2,1-4H3,(H,19,22)/t15-/m0/s1. The fraction of sp³-hybridized carbons (Fsp3) is 0.611. The summed E-state index contributed by atoms with van der Waals surface area (Å²) in [5.74, 6) is -0.0931. The molecule has 0 radical (unpaired) electrons. The number of sulfonamides is 1. The predicted octanol–water partition coefficient (Wildman–Crippen LogP) is 2.45. The van der Waals surface area contributed by atoms with E-state index in [4.69, 9.17) is 0 Å². The van der Waals surface area contributed by atoms with Gasteiger partial charge in [0.25, 0.3) is 0 Å². The first-order valence-electron chi connectivity index (χ1n) is 8.81. The van der Waals surface area contributed by atoms with Gasteiger partial charge in [0.2, 0.25) is 15.9 Å². The lowest BCUT2D eigenvalue weighted by Crippen LogP contribution is -2.42. The minimum Gasteiger partial charge on any atom is -0.324 e. The number of rotatable bonds is 5. The van der Waals surface area contributed by atoms with Gasteiger partial charge in [-0.05, 0) is 57.5 Å². The Kier molecular flexibility index (Phi) is 6.59. The maximum atomic E-state index is 12.7. The van der Waals surface area contributed by atoms with Gasteiger partial charge in [-0.3, -0.25) is 9.69 Å². The van der Waals surface area contributed by atoms with Crippen LogP contribution in [0.3, 0.4) is 0 Å². The number of carbonyl (C=O) groups excluding carboxylic acids is 1. The number of aryl methyl sites for hydroxylation is 1. The molecule has 1 N–H and O–H groups in total. The van der Waals surface area contributed by atoms with Crippen molar-refractivity contribution >= 4 is 21.6 Å². The van der Waals surface area contributed by atoms with Gasteiger partial charge in [-0.1, -0.05) is 18.9 Å². The summed E-state index contributed by atoms with van der Waals surface area (Å²) < 4.78 is 25.8. The Morgan fingerprint density at radius 1 is 1.16 bits per heavy atom. The lowest BCUT2D eigenvalue weighted by molar-refractivity contribution is -0.120. The topological polar surface area (TPSA) is 69.7 Å². The zero-order chi connectivity index (χ0) is 18.6. The highest BCUT2D eigenvalue weighted by atomic mass is 32.2. The van der Waals surface area contributed by atoms with Crippen LogP contribution in [0.5, 0.6) is 0 Å². The molecule has 1 amide bonds. The van der Waals surface area contributed by atoms with E-state index in [-0.39, 0.29) is 16.8 Å². The largest absolute Gasteiger partial charge is 0.324 e. The number of anilines is 1. The van der Waals surface area contributed by atoms with Crippen LogP contribution in [0.1, 0.15) is 38.2 Å². The SMILES string of the molecule is Cc1ccc(S(=O)(=O)N(C)C)cc1NC(=O)[C@H](C)N1CCCCCC1. The summed E-state index contributed by atoms with van der Waals surface area (Å²) in [7, 11) is -0.536. The lowest BCUT2D eigenvalue weighted by Gasteiger charge is -2.27. The molecule has 25 heavy (non-hydrogen) atoms. The zero-order valence-corrected chi connectivity index (χ0v) is 16.4. The summed E-state index contributed by atoms with van der Waals surface area (Å²) in [4.78, 5) is 15.0. The quantitative estimate of drug-likeness (QED) is 0.868. The van der Waals surface area contributed by atoms with Crippen molar-refractivity contribution in [3.63, 3.8) is 0 Å². The second-order valence-corrected chi connectivity index (χ2v) is 9.03. The van der Waals surface area contributed by atoms with E-state index >= 15 is 0 Å². The average molecular weight is 368 g/mol. The molecule has 0 unspecified atom stereocenters. The van der Waals surface area contributed by atoms with Crippen molar-refractivity contribution < 1.29 is 13.2 Å². The number of hydrogen-bond donors (Lipinski definition) is 1. The smallest absolute Gasteiger partial charge is 0.242 e. The molecule has 1 aliphatic heterocycles. The van der Waals surface area contributed by atoms with Crippen LogP contribution in [0.15, 0.2) is 23.1 Å². The molecule has 1 saturated heterocycles. The van der Waals surface area contributed by atoms with Crippen molar-refractivity contribution in [3.8, 4) is 0 Å². The number of amides is 1. The monoisotopic (exact) mass is 367 g/mol. The molecule has 1 aliphatic rings. The molecule has 1 fully saturated rings. The first-order chi connectivity index (χ1) is 11.7. The molecular weight excluding hydrogens is 338 g/mol. The molecule has 140 valence electrons. The Hall–Kier alpha value is -1.44. The highest BCUT2D eigenvalue weighted by Crippen LogP contribution is 2.23. The van der Waals surface area contributed by atoms with Crippen molar-refractivity contribution in [3.05, 3.63) is 23.8 Å². The summed E-state index contributed by atoms with van der Waals surface area (Å²) in [5.41, 5.74) is 1.39. The molecule has 1 atom stereocenters. The van der Waals surface area contributed by atoms with E-state index < -0.39 is 10.0 Å². The summed E-state index contributed by atoms with van der Waals surface area (Å²) in [6, 6.07) is 4.60. The van der Waals surface area contributed by atoms with Gasteiger partial charge in [0.05, 0.1) is 10.9 Å². The van der Waals surface area contributed by atoms with Gasteiger partial charge in [0, 0.05) is 19.8 Å². The first kappa shape index (κ1) is 19.9. The van der Waals surface area contributed by atoms with E-state index in [0.29, 0.717) is 5.69 Å². The molecule has 2 rings (SSSR count). The molecule has 1 heterocycles. The number of nitrogens with zero attached hydrogens (tertiary/aromatic N) is 2. The average Bonchev–Trinajstić information content (AvgIpc) is 2.85. The highest BCUT2D eigenvalue weighted by Gasteiger charge is 2.23. The molecule has 0 aromatic heterocycles. The number of benzene rings is 1. The van der Waals surface area contributed by atoms with Crippen LogP contribution < -0.4 is 5.32 Å². The van der Waals surface area contributed by atoms with Gasteiger partial charge >= 0.3 is 0 Å². The van der Waals surface area contributed by atoms with Crippen molar-refractivity contribution in [2.45, 2.75) is 50.5 Å². The lowest BCUT2D eigenvalue weighted by atomic mass is 10.2. The van der Waals surface area contributed by atoms with Crippen molar-refractivity contribution in [2.24, 2.45) is 0 Å². The third-order valence-corrected chi connectivity index (χ3v) is 6.62. The van der Waals surface area contributed by atoms with Crippen molar-refractivity contribution in [1.29, 1.82) is 0 Å². The highest BCUT2D eigenvalue weighted by molar-refractivity contribution is 7.89. The second-order valence-electron chi connectivity index (χ2n) is 6.88. The van der Waals surface area contributed by atoms with Gasteiger partial charge in [0.15, 0.2) is 0 Å². The number of likely N-dealkylation sites (tertiary alicyclic amines) is 1. The van der Waals surface area contributed by atoms with E-state index in [2.05, 4.69) is 10.2 Å². The van der Waals surface area contributed by atoms with Crippen LogP contribution in [-0.2, 0) is 14.8 Å². The Morgan fingerprint density at radius 2 is 1.76 bits per heavy atom. The number of carbonyl (C=O) groups is 1. The molecule has 0 spiro atoms. The predicted molar refractivity (Wildman–Crippen MR) is 100 cm³/mol.